The summed E-state index contributed by atoms with van der Waals surface area (Å²) in [5.74, 6) is -0.463. The van der Waals surface area contributed by atoms with E-state index in [-0.39, 0.29) is 6.10 Å². The van der Waals surface area contributed by atoms with Gasteiger partial charge in [-0.3, -0.25) is 0 Å². The smallest absolute Gasteiger partial charge is 0.193 e. The van der Waals surface area contributed by atoms with Crippen LogP contribution in [0.15, 0.2) is 18.2 Å². The highest BCUT2D eigenvalue weighted by molar-refractivity contribution is 6.42. The van der Waals surface area contributed by atoms with Crippen LogP contribution in [0.1, 0.15) is 12.5 Å². The van der Waals surface area contributed by atoms with Gasteiger partial charge >= 0.3 is 0 Å². The minimum atomic E-state index is -0.860. The van der Waals surface area contributed by atoms with Crippen LogP contribution in [-0.2, 0) is 15.3 Å². The van der Waals surface area contributed by atoms with Crippen LogP contribution in [0.4, 0.5) is 0 Å². The van der Waals surface area contributed by atoms with Gasteiger partial charge in [-0.15, -0.1) is 11.6 Å². The van der Waals surface area contributed by atoms with Crippen LogP contribution in [0.2, 0.25) is 10.0 Å². The number of rotatable bonds is 2. The third-order valence-corrected chi connectivity index (χ3v) is 3.71. The zero-order valence-electron chi connectivity index (χ0n) is 8.67. The fourth-order valence-corrected chi connectivity index (χ4v) is 2.33. The lowest BCUT2D eigenvalue weighted by Gasteiger charge is -2.24. The van der Waals surface area contributed by atoms with Crippen molar-refractivity contribution in [2.24, 2.45) is 0 Å². The Bertz CT molecular complexity index is 397. The van der Waals surface area contributed by atoms with E-state index < -0.39 is 5.79 Å². The lowest BCUT2D eigenvalue weighted by atomic mass is 10.1. The molecule has 1 heterocycles. The van der Waals surface area contributed by atoms with Gasteiger partial charge < -0.3 is 9.47 Å². The summed E-state index contributed by atoms with van der Waals surface area (Å²) in [4.78, 5) is 0. The minimum absolute atomic E-state index is 0.110. The van der Waals surface area contributed by atoms with E-state index in [2.05, 4.69) is 0 Å². The number of hydrogen-bond acceptors (Lipinski definition) is 2. The SMILES string of the molecule is CC1(c2cccc(Cl)c2Cl)OCC(CCl)O1. The number of alkyl halides is 1. The molecule has 1 saturated heterocycles. The van der Waals surface area contributed by atoms with Gasteiger partial charge in [-0.2, -0.15) is 0 Å². The quantitative estimate of drug-likeness (QED) is 0.767. The number of hydrogen-bond donors (Lipinski definition) is 0. The van der Waals surface area contributed by atoms with Gasteiger partial charge in [-0.25, -0.2) is 0 Å². The second-order valence-electron chi connectivity index (χ2n) is 3.75. The fraction of sp³-hybridized carbons (Fsp3) is 0.455. The first-order valence-electron chi connectivity index (χ1n) is 4.89. The molecule has 0 bridgehead atoms. The number of ether oxygens (including phenoxy) is 2. The molecular formula is C11H11Cl3O2. The summed E-state index contributed by atoms with van der Waals surface area (Å²) in [6.45, 7) is 2.28. The monoisotopic (exact) mass is 280 g/mol. The molecule has 0 spiro atoms. The summed E-state index contributed by atoms with van der Waals surface area (Å²) < 4.78 is 11.3. The highest BCUT2D eigenvalue weighted by atomic mass is 35.5. The van der Waals surface area contributed by atoms with Crippen molar-refractivity contribution in [3.63, 3.8) is 0 Å². The van der Waals surface area contributed by atoms with E-state index in [1.165, 1.54) is 0 Å². The molecule has 2 rings (SSSR count). The van der Waals surface area contributed by atoms with Crippen LogP contribution in [0.25, 0.3) is 0 Å². The average Bonchev–Trinajstić information content (AvgIpc) is 2.65. The molecule has 1 aliphatic heterocycles. The maximum absolute atomic E-state index is 6.13. The zero-order valence-corrected chi connectivity index (χ0v) is 10.9. The average molecular weight is 282 g/mol. The van der Waals surface area contributed by atoms with Gasteiger partial charge in [0.2, 0.25) is 0 Å². The topological polar surface area (TPSA) is 18.5 Å². The maximum Gasteiger partial charge on any atom is 0.193 e. The molecule has 0 saturated carbocycles. The first-order chi connectivity index (χ1) is 7.57. The Hall–Kier alpha value is 0.01000. The van der Waals surface area contributed by atoms with Crippen molar-refractivity contribution >= 4 is 34.8 Å². The molecule has 2 unspecified atom stereocenters. The number of halogens is 3. The van der Waals surface area contributed by atoms with E-state index in [1.807, 2.05) is 19.1 Å². The Morgan fingerprint density at radius 1 is 1.44 bits per heavy atom. The Morgan fingerprint density at radius 3 is 2.81 bits per heavy atom. The molecule has 0 N–H and O–H groups in total. The van der Waals surface area contributed by atoms with Crippen LogP contribution >= 0.6 is 34.8 Å². The molecule has 0 aliphatic carbocycles. The van der Waals surface area contributed by atoms with Gasteiger partial charge in [0, 0.05) is 5.56 Å². The van der Waals surface area contributed by atoms with Crippen molar-refractivity contribution in [2.45, 2.75) is 18.8 Å². The zero-order chi connectivity index (χ0) is 11.8. The third-order valence-electron chi connectivity index (χ3n) is 2.55. The second kappa shape index (κ2) is 4.71. The van der Waals surface area contributed by atoms with Gasteiger partial charge in [0.15, 0.2) is 5.79 Å². The van der Waals surface area contributed by atoms with Crippen LogP contribution in [-0.4, -0.2) is 18.6 Å². The van der Waals surface area contributed by atoms with Crippen molar-refractivity contribution in [3.8, 4) is 0 Å². The highest BCUT2D eigenvalue weighted by Crippen LogP contribution is 2.40. The van der Waals surface area contributed by atoms with Gasteiger partial charge in [0.1, 0.15) is 0 Å². The summed E-state index contributed by atoms with van der Waals surface area (Å²) in [6, 6.07) is 5.38. The van der Waals surface area contributed by atoms with Gasteiger partial charge in [0.05, 0.1) is 28.6 Å². The summed E-state index contributed by atoms with van der Waals surface area (Å²) in [6.07, 6.45) is -0.110. The third kappa shape index (κ3) is 2.18. The Kier molecular flexibility index (Phi) is 3.67. The largest absolute Gasteiger partial charge is 0.343 e. The molecular weight excluding hydrogens is 270 g/mol. The lowest BCUT2D eigenvalue weighted by molar-refractivity contribution is -0.159. The van der Waals surface area contributed by atoms with Crippen LogP contribution in [0.3, 0.4) is 0 Å². The molecule has 1 fully saturated rings. The standard InChI is InChI=1S/C11H11Cl3O2/c1-11(15-6-7(5-12)16-11)8-3-2-4-9(13)10(8)14/h2-4,7H,5-6H2,1H3. The van der Waals surface area contributed by atoms with E-state index >= 15 is 0 Å². The highest BCUT2D eigenvalue weighted by Gasteiger charge is 2.40. The van der Waals surface area contributed by atoms with Crippen LogP contribution < -0.4 is 0 Å². The van der Waals surface area contributed by atoms with E-state index in [4.69, 9.17) is 44.3 Å². The molecule has 2 nitrogen and oxygen atoms in total. The van der Waals surface area contributed by atoms with E-state index in [9.17, 15) is 0 Å². The van der Waals surface area contributed by atoms with Crippen molar-refractivity contribution in [3.05, 3.63) is 33.8 Å². The molecule has 0 aromatic heterocycles. The minimum Gasteiger partial charge on any atom is -0.343 e. The van der Waals surface area contributed by atoms with Crippen molar-refractivity contribution in [1.82, 2.24) is 0 Å². The van der Waals surface area contributed by atoms with Crippen molar-refractivity contribution < 1.29 is 9.47 Å². The molecule has 0 radical (unpaired) electrons. The molecule has 5 heteroatoms. The normalized spacial score (nSPS) is 29.6. The maximum atomic E-state index is 6.13. The van der Waals surface area contributed by atoms with E-state index in [1.54, 1.807) is 6.07 Å². The second-order valence-corrected chi connectivity index (χ2v) is 4.85. The Morgan fingerprint density at radius 2 is 2.19 bits per heavy atom. The predicted octanol–water partition coefficient (Wildman–Crippen LogP) is 3.82. The molecule has 2 atom stereocenters. The Balaban J connectivity index is 2.34. The van der Waals surface area contributed by atoms with Gasteiger partial charge in [-0.1, -0.05) is 35.3 Å². The predicted molar refractivity (Wildman–Crippen MR) is 65.4 cm³/mol. The number of benzene rings is 1. The molecule has 1 aromatic rings. The molecule has 16 heavy (non-hydrogen) atoms. The van der Waals surface area contributed by atoms with Crippen LogP contribution in [0, 0.1) is 0 Å². The lowest BCUT2D eigenvalue weighted by Crippen LogP contribution is -2.24. The first kappa shape index (κ1) is 12.5. The Labute approximate surface area is 109 Å². The first-order valence-corrected chi connectivity index (χ1v) is 6.18. The summed E-state index contributed by atoms with van der Waals surface area (Å²) in [5.41, 5.74) is 0.731. The fourth-order valence-electron chi connectivity index (χ4n) is 1.71. The molecule has 88 valence electrons. The molecule has 1 aliphatic rings. The van der Waals surface area contributed by atoms with E-state index in [0.29, 0.717) is 22.5 Å². The van der Waals surface area contributed by atoms with Crippen molar-refractivity contribution in [1.29, 1.82) is 0 Å². The summed E-state index contributed by atoms with van der Waals surface area (Å²) >= 11 is 17.8. The molecule has 0 amide bonds. The molecule has 1 aromatic carbocycles. The summed E-state index contributed by atoms with van der Waals surface area (Å²) in [5, 5.41) is 0.948. The van der Waals surface area contributed by atoms with Gasteiger partial charge in [0.25, 0.3) is 0 Å². The summed E-state index contributed by atoms with van der Waals surface area (Å²) in [7, 11) is 0. The van der Waals surface area contributed by atoms with E-state index in [0.717, 1.165) is 5.56 Å². The van der Waals surface area contributed by atoms with Crippen molar-refractivity contribution in [2.75, 3.05) is 12.5 Å². The van der Waals surface area contributed by atoms with Crippen LogP contribution in [0.5, 0.6) is 0 Å². The van der Waals surface area contributed by atoms with Gasteiger partial charge in [-0.05, 0) is 13.0 Å².